The van der Waals surface area contributed by atoms with Crippen molar-refractivity contribution in [3.05, 3.63) is 88.9 Å². The van der Waals surface area contributed by atoms with Crippen LogP contribution in [0, 0.1) is 6.92 Å². The normalized spacial score (nSPS) is 11.1. The number of nitrogens with zero attached hydrogens (tertiary/aromatic N) is 6. The van der Waals surface area contributed by atoms with E-state index in [0.29, 0.717) is 6.54 Å². The Kier molecular flexibility index (Phi) is 4.76. The lowest BCUT2D eigenvalue weighted by Gasteiger charge is -2.07. The van der Waals surface area contributed by atoms with Crippen molar-refractivity contribution in [2.45, 2.75) is 13.5 Å². The number of anilines is 1. The van der Waals surface area contributed by atoms with Gasteiger partial charge in [0.1, 0.15) is 12.1 Å². The zero-order chi connectivity index (χ0) is 20.5. The fourth-order valence-corrected chi connectivity index (χ4v) is 3.72. The van der Waals surface area contributed by atoms with Crippen LogP contribution >= 0.6 is 15.9 Å². The second kappa shape index (κ2) is 7.72. The maximum Gasteiger partial charge on any atom is 0.155 e. The van der Waals surface area contributed by atoms with E-state index in [2.05, 4.69) is 42.4 Å². The zero-order valence-corrected chi connectivity index (χ0v) is 17.8. The number of hydrogen-bond donors (Lipinski definition) is 1. The van der Waals surface area contributed by atoms with Gasteiger partial charge in [0.25, 0.3) is 0 Å². The molecule has 0 spiro atoms. The summed E-state index contributed by atoms with van der Waals surface area (Å²) in [6.45, 7) is 2.63. The molecule has 5 aromatic rings. The van der Waals surface area contributed by atoms with E-state index in [1.807, 2.05) is 72.4 Å². The van der Waals surface area contributed by atoms with Crippen molar-refractivity contribution in [2.24, 2.45) is 0 Å². The van der Waals surface area contributed by atoms with Gasteiger partial charge in [0.2, 0.25) is 0 Å². The molecule has 7 nitrogen and oxygen atoms in total. The predicted octanol–water partition coefficient (Wildman–Crippen LogP) is 4.66. The van der Waals surface area contributed by atoms with E-state index in [-0.39, 0.29) is 0 Å². The summed E-state index contributed by atoms with van der Waals surface area (Å²) < 4.78 is 4.67. The largest absolute Gasteiger partial charge is 0.364 e. The van der Waals surface area contributed by atoms with Gasteiger partial charge in [0.05, 0.1) is 5.69 Å². The van der Waals surface area contributed by atoms with Crippen LogP contribution in [0.4, 0.5) is 5.82 Å². The SMILES string of the molecule is Cc1cccc(-n2nc(NCc3ccccc3Br)cc2-c2ccc3ncnn3c2)n1. The Morgan fingerprint density at radius 2 is 1.93 bits per heavy atom. The highest BCUT2D eigenvalue weighted by Gasteiger charge is 2.14. The van der Waals surface area contributed by atoms with Crippen molar-refractivity contribution in [3.63, 3.8) is 0 Å². The number of aromatic nitrogens is 6. The molecule has 0 aliphatic carbocycles. The lowest BCUT2D eigenvalue weighted by atomic mass is 10.2. The van der Waals surface area contributed by atoms with Crippen LogP contribution in [0.2, 0.25) is 0 Å². The molecule has 0 atom stereocenters. The highest BCUT2D eigenvalue weighted by atomic mass is 79.9. The minimum absolute atomic E-state index is 0.654. The van der Waals surface area contributed by atoms with E-state index in [9.17, 15) is 0 Å². The number of hydrogen-bond acceptors (Lipinski definition) is 5. The number of benzene rings is 1. The molecule has 4 heterocycles. The third-order valence-corrected chi connectivity index (χ3v) is 5.56. The summed E-state index contributed by atoms with van der Waals surface area (Å²) >= 11 is 3.60. The van der Waals surface area contributed by atoms with Gasteiger partial charge in [-0.2, -0.15) is 5.10 Å². The summed E-state index contributed by atoms with van der Waals surface area (Å²) in [5.41, 5.74) is 4.78. The molecule has 1 aromatic carbocycles. The molecule has 0 amide bonds. The average Bonchev–Trinajstić information content (AvgIpc) is 3.39. The Morgan fingerprint density at radius 1 is 1.03 bits per heavy atom. The first-order valence-corrected chi connectivity index (χ1v) is 10.3. The van der Waals surface area contributed by atoms with Crippen LogP contribution in [0.15, 0.2) is 77.7 Å². The van der Waals surface area contributed by atoms with Gasteiger partial charge < -0.3 is 5.32 Å². The maximum absolute atomic E-state index is 4.79. The first kappa shape index (κ1) is 18.5. The second-order valence-electron chi connectivity index (χ2n) is 6.89. The third kappa shape index (κ3) is 3.57. The van der Waals surface area contributed by atoms with Crippen LogP contribution < -0.4 is 5.32 Å². The Balaban J connectivity index is 1.56. The van der Waals surface area contributed by atoms with E-state index in [1.54, 1.807) is 10.8 Å². The minimum Gasteiger partial charge on any atom is -0.364 e. The van der Waals surface area contributed by atoms with Gasteiger partial charge in [-0.3, -0.25) is 0 Å². The third-order valence-electron chi connectivity index (χ3n) is 4.79. The van der Waals surface area contributed by atoms with Crippen molar-refractivity contribution < 1.29 is 0 Å². The fourth-order valence-electron chi connectivity index (χ4n) is 3.29. The summed E-state index contributed by atoms with van der Waals surface area (Å²) in [7, 11) is 0. The summed E-state index contributed by atoms with van der Waals surface area (Å²) in [5, 5.41) is 12.5. The fraction of sp³-hybridized carbons (Fsp3) is 0.0909. The Bertz CT molecular complexity index is 1340. The number of fused-ring (bicyclic) bond motifs is 1. The molecule has 30 heavy (non-hydrogen) atoms. The predicted molar refractivity (Wildman–Crippen MR) is 120 cm³/mol. The van der Waals surface area contributed by atoms with E-state index in [0.717, 1.165) is 44.3 Å². The Hall–Kier alpha value is -3.52. The van der Waals surface area contributed by atoms with Crippen molar-refractivity contribution in [2.75, 3.05) is 5.32 Å². The van der Waals surface area contributed by atoms with Crippen molar-refractivity contribution in [1.29, 1.82) is 0 Å². The summed E-state index contributed by atoms with van der Waals surface area (Å²) in [5.74, 6) is 1.53. The number of halogens is 1. The van der Waals surface area contributed by atoms with Crippen LogP contribution in [-0.2, 0) is 6.54 Å². The van der Waals surface area contributed by atoms with Gasteiger partial charge in [-0.25, -0.2) is 19.2 Å². The van der Waals surface area contributed by atoms with Crippen LogP contribution in [0.5, 0.6) is 0 Å². The average molecular weight is 460 g/mol. The van der Waals surface area contributed by atoms with Crippen molar-refractivity contribution >= 4 is 27.4 Å². The smallest absolute Gasteiger partial charge is 0.155 e. The molecule has 148 valence electrons. The molecule has 0 radical (unpaired) electrons. The number of rotatable bonds is 5. The number of pyridine rings is 2. The van der Waals surface area contributed by atoms with Crippen LogP contribution in [0.1, 0.15) is 11.3 Å². The number of aryl methyl sites for hydroxylation is 1. The minimum atomic E-state index is 0.654. The monoisotopic (exact) mass is 459 g/mol. The lowest BCUT2D eigenvalue weighted by molar-refractivity contribution is 0.844. The molecule has 0 aliphatic heterocycles. The zero-order valence-electron chi connectivity index (χ0n) is 16.2. The van der Waals surface area contributed by atoms with Gasteiger partial charge in [0, 0.05) is 34.5 Å². The van der Waals surface area contributed by atoms with Crippen molar-refractivity contribution in [1.82, 2.24) is 29.4 Å². The molecule has 0 fully saturated rings. The van der Waals surface area contributed by atoms with Crippen LogP contribution in [0.3, 0.4) is 0 Å². The van der Waals surface area contributed by atoms with E-state index >= 15 is 0 Å². The molecular formula is C22H18BrN7. The summed E-state index contributed by atoms with van der Waals surface area (Å²) in [4.78, 5) is 8.88. The summed E-state index contributed by atoms with van der Waals surface area (Å²) in [6, 6.07) is 20.0. The second-order valence-corrected chi connectivity index (χ2v) is 7.74. The number of nitrogens with one attached hydrogen (secondary N) is 1. The molecule has 0 saturated heterocycles. The first-order chi connectivity index (χ1) is 14.7. The van der Waals surface area contributed by atoms with E-state index in [4.69, 9.17) is 5.10 Å². The van der Waals surface area contributed by atoms with Gasteiger partial charge in [-0.05, 0) is 42.8 Å². The van der Waals surface area contributed by atoms with Crippen LogP contribution in [0.25, 0.3) is 22.7 Å². The highest BCUT2D eigenvalue weighted by Crippen LogP contribution is 2.26. The van der Waals surface area contributed by atoms with Crippen LogP contribution in [-0.4, -0.2) is 29.4 Å². The van der Waals surface area contributed by atoms with Gasteiger partial charge in [-0.15, -0.1) is 5.10 Å². The molecule has 4 aromatic heterocycles. The molecule has 0 saturated carbocycles. The highest BCUT2D eigenvalue weighted by molar-refractivity contribution is 9.10. The molecular weight excluding hydrogens is 442 g/mol. The topological polar surface area (TPSA) is 72.9 Å². The molecule has 8 heteroatoms. The molecule has 0 unspecified atom stereocenters. The maximum atomic E-state index is 4.79. The first-order valence-electron chi connectivity index (χ1n) is 9.48. The molecule has 0 aliphatic rings. The van der Waals surface area contributed by atoms with Gasteiger partial charge in [-0.1, -0.05) is 40.2 Å². The quantitative estimate of drug-likeness (QED) is 0.413. The van der Waals surface area contributed by atoms with E-state index < -0.39 is 0 Å². The standard InChI is InChI=1S/C22H18BrN7/c1-15-5-4-8-22(27-15)30-19(17-9-10-21-25-14-26-29(21)13-17)11-20(28-30)24-12-16-6-2-3-7-18(16)23/h2-11,13-14H,12H2,1H3,(H,24,28). The summed E-state index contributed by atoms with van der Waals surface area (Å²) in [6.07, 6.45) is 3.49. The molecule has 1 N–H and O–H groups in total. The van der Waals surface area contributed by atoms with Gasteiger partial charge in [0.15, 0.2) is 11.5 Å². The Labute approximate surface area is 181 Å². The van der Waals surface area contributed by atoms with Crippen molar-refractivity contribution in [3.8, 4) is 17.1 Å². The lowest BCUT2D eigenvalue weighted by Crippen LogP contribution is -2.05. The molecule has 0 bridgehead atoms. The van der Waals surface area contributed by atoms with Gasteiger partial charge >= 0.3 is 0 Å². The Morgan fingerprint density at radius 3 is 2.80 bits per heavy atom. The molecule has 5 rings (SSSR count). The van der Waals surface area contributed by atoms with E-state index in [1.165, 1.54) is 0 Å².